The molecule has 2 heterocycles. The van der Waals surface area contributed by atoms with Gasteiger partial charge in [0.2, 0.25) is 5.12 Å². The standard InChI is InChI=1S/C11H25NO3SSi.C6H4O/c1-7-8-11(15-17-6,16-10(3)13)14-9(2)12(4)5;1-2-5-4-6(3-1)7-5/h9H,7-8,17H2,1-6H3;1-4H. The number of nitrogens with zero attached hydrogens (tertiary/aromatic N) is 1. The van der Waals surface area contributed by atoms with Gasteiger partial charge in [-0.25, -0.2) is 0 Å². The Morgan fingerprint density at radius 1 is 1.42 bits per heavy atom. The lowest BCUT2D eigenvalue weighted by atomic mass is 10.2. The van der Waals surface area contributed by atoms with Crippen LogP contribution in [-0.2, 0) is 14.0 Å². The molecule has 0 spiro atoms. The molecule has 0 saturated heterocycles. The van der Waals surface area contributed by atoms with E-state index in [1.54, 1.807) is 6.92 Å². The van der Waals surface area contributed by atoms with E-state index in [1.165, 1.54) is 11.8 Å². The molecule has 2 unspecified atom stereocenters. The maximum atomic E-state index is 11.4. The first kappa shape index (κ1) is 21.2. The Morgan fingerprint density at radius 3 is 2.29 bits per heavy atom. The molecular formula is C17H29NO4SSi. The Labute approximate surface area is 152 Å². The average molecular weight is 372 g/mol. The Balaban J connectivity index is 0.000000331. The van der Waals surface area contributed by atoms with Gasteiger partial charge in [0, 0.05) is 19.4 Å². The zero-order chi connectivity index (χ0) is 18.2. The van der Waals surface area contributed by atoms with Crippen LogP contribution in [0.5, 0.6) is 11.5 Å². The summed E-state index contributed by atoms with van der Waals surface area (Å²) in [6.45, 7) is 7.64. The van der Waals surface area contributed by atoms with E-state index in [4.69, 9.17) is 13.9 Å². The van der Waals surface area contributed by atoms with Gasteiger partial charge in [0.15, 0.2) is 14.9 Å². The highest BCUT2D eigenvalue weighted by atomic mass is 32.2. The van der Waals surface area contributed by atoms with E-state index in [9.17, 15) is 4.79 Å². The van der Waals surface area contributed by atoms with Crippen LogP contribution in [0.3, 0.4) is 0 Å². The number of hydrogen-bond acceptors (Lipinski definition) is 6. The number of thioether (sulfide) groups is 1. The third kappa shape index (κ3) is 6.94. The molecule has 2 aliphatic rings. The molecule has 24 heavy (non-hydrogen) atoms. The molecule has 1 aromatic rings. The number of ether oxygens (including phenoxy) is 2. The normalized spacial score (nSPS) is 16.0. The fraction of sp³-hybridized carbons (Fsp3) is 0.588. The van der Waals surface area contributed by atoms with Gasteiger partial charge in [-0.1, -0.05) is 26.0 Å². The van der Waals surface area contributed by atoms with Crippen molar-refractivity contribution in [2.24, 2.45) is 0 Å². The highest BCUT2D eigenvalue weighted by Gasteiger charge is 2.35. The third-order valence-electron chi connectivity index (χ3n) is 3.34. The number of rotatable bonds is 8. The van der Waals surface area contributed by atoms with Crippen molar-refractivity contribution in [1.82, 2.24) is 4.90 Å². The van der Waals surface area contributed by atoms with Crippen molar-refractivity contribution < 1.29 is 18.7 Å². The predicted molar refractivity (Wildman–Crippen MR) is 102 cm³/mol. The first-order valence-corrected chi connectivity index (χ1v) is 11.1. The zero-order valence-electron chi connectivity index (χ0n) is 15.5. The molecular weight excluding hydrogens is 342 g/mol. The van der Waals surface area contributed by atoms with E-state index < -0.39 is 14.9 Å². The van der Waals surface area contributed by atoms with Gasteiger partial charge in [-0.15, -0.1) is 0 Å². The fourth-order valence-electron chi connectivity index (χ4n) is 2.06. The summed E-state index contributed by atoms with van der Waals surface area (Å²) < 4.78 is 16.8. The number of fused-ring (bicyclic) bond motifs is 2. The van der Waals surface area contributed by atoms with Gasteiger partial charge in [-0.05, 0) is 44.9 Å². The van der Waals surface area contributed by atoms with Gasteiger partial charge in [-0.2, -0.15) is 0 Å². The Morgan fingerprint density at radius 2 is 2.00 bits per heavy atom. The molecule has 7 heteroatoms. The second kappa shape index (κ2) is 10.2. The van der Waals surface area contributed by atoms with E-state index in [-0.39, 0.29) is 11.3 Å². The first-order chi connectivity index (χ1) is 11.3. The molecule has 0 amide bonds. The number of carbonyl (C=O) groups is 1. The third-order valence-corrected chi connectivity index (χ3v) is 5.32. The molecule has 0 saturated carbocycles. The Bertz CT molecular complexity index is 496. The second-order valence-corrected chi connectivity index (χ2v) is 7.98. The molecule has 2 atom stereocenters. The van der Waals surface area contributed by atoms with Crippen LogP contribution in [0.2, 0.25) is 6.55 Å². The summed E-state index contributed by atoms with van der Waals surface area (Å²) >= 11 is 1.17. The molecule has 0 N–H and O–H groups in total. The number of carbonyl (C=O) groups excluding carboxylic acids is 1. The minimum Gasteiger partial charge on any atom is -0.457 e. The summed E-state index contributed by atoms with van der Waals surface area (Å²) in [5.74, 6) is 1.97. The van der Waals surface area contributed by atoms with Crippen LogP contribution >= 0.6 is 11.8 Å². The van der Waals surface area contributed by atoms with E-state index >= 15 is 0 Å². The molecule has 3 rings (SSSR count). The van der Waals surface area contributed by atoms with Gasteiger partial charge in [-0.3, -0.25) is 9.69 Å². The van der Waals surface area contributed by atoms with Crippen LogP contribution < -0.4 is 4.74 Å². The van der Waals surface area contributed by atoms with Crippen LogP contribution in [0, 0.1) is 0 Å². The quantitative estimate of drug-likeness (QED) is 0.522. The molecule has 2 bridgehead atoms. The zero-order valence-corrected chi connectivity index (χ0v) is 17.7. The lowest BCUT2D eigenvalue weighted by Crippen LogP contribution is -2.42. The summed E-state index contributed by atoms with van der Waals surface area (Å²) in [5, 5.41) is -0.752. The van der Waals surface area contributed by atoms with Crippen molar-refractivity contribution in [2.75, 3.05) is 14.1 Å². The van der Waals surface area contributed by atoms with Gasteiger partial charge in [0.1, 0.15) is 17.7 Å². The lowest BCUT2D eigenvalue weighted by Gasteiger charge is -2.36. The van der Waals surface area contributed by atoms with E-state index in [1.807, 2.05) is 50.2 Å². The lowest BCUT2D eigenvalue weighted by molar-refractivity contribution is -0.180. The van der Waals surface area contributed by atoms with Crippen molar-refractivity contribution in [1.29, 1.82) is 0 Å². The highest BCUT2D eigenvalue weighted by molar-refractivity contribution is 8.14. The van der Waals surface area contributed by atoms with Gasteiger partial charge >= 0.3 is 0 Å². The van der Waals surface area contributed by atoms with Crippen molar-refractivity contribution in [2.45, 2.75) is 51.5 Å². The number of hydrogen-bond donors (Lipinski definition) is 0. The van der Waals surface area contributed by atoms with Crippen molar-refractivity contribution >= 4 is 26.6 Å². The Hall–Kier alpha value is -0.863. The monoisotopic (exact) mass is 371 g/mol. The maximum Gasteiger partial charge on any atom is 0.217 e. The smallest absolute Gasteiger partial charge is 0.217 e. The summed E-state index contributed by atoms with van der Waals surface area (Å²) in [7, 11) is 3.26. The van der Waals surface area contributed by atoms with Crippen LogP contribution in [-0.4, -0.2) is 45.2 Å². The average Bonchev–Trinajstić information content (AvgIpc) is 2.47. The minimum atomic E-state index is -0.786. The molecule has 5 nitrogen and oxygen atoms in total. The van der Waals surface area contributed by atoms with Crippen molar-refractivity contribution in [3.05, 3.63) is 24.3 Å². The molecule has 0 aliphatic carbocycles. The predicted octanol–water partition coefficient (Wildman–Crippen LogP) is 3.59. The highest BCUT2D eigenvalue weighted by Crippen LogP contribution is 2.35. The van der Waals surface area contributed by atoms with Crippen LogP contribution in [0.4, 0.5) is 0 Å². The second-order valence-electron chi connectivity index (χ2n) is 5.72. The summed E-state index contributed by atoms with van der Waals surface area (Å²) in [6, 6.07) is 7.86. The van der Waals surface area contributed by atoms with Gasteiger partial charge < -0.3 is 13.9 Å². The van der Waals surface area contributed by atoms with Crippen molar-refractivity contribution in [3.63, 3.8) is 0 Å². The van der Waals surface area contributed by atoms with E-state index in [0.717, 1.165) is 24.3 Å². The van der Waals surface area contributed by atoms with Crippen LogP contribution in [0.25, 0.3) is 0 Å². The largest absolute Gasteiger partial charge is 0.457 e. The molecule has 2 aliphatic heterocycles. The maximum absolute atomic E-state index is 11.4. The first-order valence-electron chi connectivity index (χ1n) is 8.27. The van der Waals surface area contributed by atoms with Crippen LogP contribution in [0.15, 0.2) is 24.3 Å². The SMILES string of the molecule is CCCC(O[SiH2]C)(OC(C)N(C)C)SC(C)=O.c1cc2cc(c1)O2. The Kier molecular flexibility index (Phi) is 9.00. The molecule has 0 fully saturated rings. The molecule has 1 aromatic carbocycles. The summed E-state index contributed by atoms with van der Waals surface area (Å²) in [6.07, 6.45) is 1.58. The van der Waals surface area contributed by atoms with Gasteiger partial charge in [0.25, 0.3) is 0 Å². The fourth-order valence-corrected chi connectivity index (χ4v) is 4.23. The molecule has 0 aromatic heterocycles. The van der Waals surface area contributed by atoms with Gasteiger partial charge in [0.05, 0.1) is 0 Å². The molecule has 136 valence electrons. The minimum absolute atomic E-state index is 0.0341. The summed E-state index contributed by atoms with van der Waals surface area (Å²) in [5.41, 5.74) is 0. The molecule has 0 radical (unpaired) electrons. The van der Waals surface area contributed by atoms with E-state index in [0.29, 0.717) is 0 Å². The summed E-state index contributed by atoms with van der Waals surface area (Å²) in [4.78, 5) is 13.3. The van der Waals surface area contributed by atoms with Crippen LogP contribution in [0.1, 0.15) is 33.6 Å². The van der Waals surface area contributed by atoms with E-state index in [2.05, 4.69) is 13.5 Å². The number of benzene rings is 1. The topological polar surface area (TPSA) is 48.0 Å². The van der Waals surface area contributed by atoms with Crippen molar-refractivity contribution in [3.8, 4) is 11.5 Å².